The Balaban J connectivity index is 1.37. The number of carbonyl (C=O) groups is 2. The largest absolute Gasteiger partial charge is 0.452 e. The predicted molar refractivity (Wildman–Crippen MR) is 132 cm³/mol. The summed E-state index contributed by atoms with van der Waals surface area (Å²) in [6, 6.07) is 27.6. The fourth-order valence-corrected chi connectivity index (χ4v) is 3.90. The third-order valence-electron chi connectivity index (χ3n) is 5.63. The summed E-state index contributed by atoms with van der Waals surface area (Å²) in [7, 11) is 0. The molecule has 1 aliphatic rings. The van der Waals surface area contributed by atoms with Gasteiger partial charge in [-0.1, -0.05) is 66.2 Å². The molecule has 0 aromatic heterocycles. The van der Waals surface area contributed by atoms with Crippen molar-refractivity contribution < 1.29 is 19.1 Å². The molecule has 5 rings (SSSR count). The highest BCUT2D eigenvalue weighted by molar-refractivity contribution is 6.30. The van der Waals surface area contributed by atoms with E-state index in [0.717, 1.165) is 16.7 Å². The van der Waals surface area contributed by atoms with Crippen molar-refractivity contribution in [2.75, 3.05) is 0 Å². The molecule has 4 aromatic rings. The van der Waals surface area contributed by atoms with Gasteiger partial charge in [0.2, 0.25) is 5.78 Å². The van der Waals surface area contributed by atoms with E-state index in [9.17, 15) is 9.59 Å². The minimum Gasteiger partial charge on any atom is -0.452 e. The van der Waals surface area contributed by atoms with Crippen molar-refractivity contribution >= 4 is 29.4 Å². The number of halogens is 1. The molecule has 0 atom stereocenters. The Hall–Kier alpha value is -4.15. The molecule has 1 heterocycles. The van der Waals surface area contributed by atoms with Crippen LogP contribution in [0, 0.1) is 6.92 Å². The van der Waals surface area contributed by atoms with E-state index in [1.807, 2.05) is 54.6 Å². The molecule has 0 bridgehead atoms. The Morgan fingerprint density at radius 3 is 2.24 bits per heavy atom. The molecule has 0 radical (unpaired) electrons. The highest BCUT2D eigenvalue weighted by Gasteiger charge is 2.30. The lowest BCUT2D eigenvalue weighted by molar-refractivity contribution is 0.0733. The van der Waals surface area contributed by atoms with E-state index in [4.69, 9.17) is 21.1 Å². The van der Waals surface area contributed by atoms with Crippen LogP contribution in [0.2, 0.25) is 5.02 Å². The van der Waals surface area contributed by atoms with E-state index in [1.54, 1.807) is 49.4 Å². The van der Waals surface area contributed by atoms with E-state index in [1.165, 1.54) is 0 Å². The van der Waals surface area contributed by atoms with Gasteiger partial charge in [0.1, 0.15) is 11.5 Å². The first kappa shape index (κ1) is 21.7. The third kappa shape index (κ3) is 4.24. The number of benzene rings is 4. The molecule has 0 fully saturated rings. The summed E-state index contributed by atoms with van der Waals surface area (Å²) in [5.41, 5.74) is 4.46. The first-order valence-electron chi connectivity index (χ1n) is 10.7. The van der Waals surface area contributed by atoms with Crippen LogP contribution in [0.5, 0.6) is 11.5 Å². The standard InChI is InChI=1S/C29H19ClO4/c1-18-25(34-29(32)22-11-13-23(30)14-12-22)16-15-24-27(31)26(33-28(18)24)17-19-7-9-21(10-8-19)20-5-3-2-4-6-20/h2-17H,1H3/b26-17-. The Morgan fingerprint density at radius 2 is 1.53 bits per heavy atom. The van der Waals surface area contributed by atoms with Gasteiger partial charge in [-0.25, -0.2) is 4.79 Å². The molecule has 4 aromatic carbocycles. The van der Waals surface area contributed by atoms with Gasteiger partial charge in [-0.3, -0.25) is 4.79 Å². The maximum absolute atomic E-state index is 12.9. The van der Waals surface area contributed by atoms with Crippen LogP contribution in [0.25, 0.3) is 17.2 Å². The van der Waals surface area contributed by atoms with Crippen molar-refractivity contribution in [3.63, 3.8) is 0 Å². The molecule has 4 nitrogen and oxygen atoms in total. The minimum atomic E-state index is -0.515. The van der Waals surface area contributed by atoms with Crippen molar-refractivity contribution in [3.05, 3.63) is 124 Å². The summed E-state index contributed by atoms with van der Waals surface area (Å²) in [5, 5.41) is 0.534. The summed E-state index contributed by atoms with van der Waals surface area (Å²) in [5.74, 6) is 0.240. The summed E-state index contributed by atoms with van der Waals surface area (Å²) in [6.07, 6.45) is 1.72. The second-order valence-corrected chi connectivity index (χ2v) is 8.33. The number of esters is 1. The van der Waals surface area contributed by atoms with E-state index >= 15 is 0 Å². The lowest BCUT2D eigenvalue weighted by Crippen LogP contribution is -2.09. The molecule has 34 heavy (non-hydrogen) atoms. The van der Waals surface area contributed by atoms with Crippen LogP contribution in [0.3, 0.4) is 0 Å². The van der Waals surface area contributed by atoms with Gasteiger partial charge in [-0.05, 0) is 66.1 Å². The first-order valence-corrected chi connectivity index (χ1v) is 11.1. The lowest BCUT2D eigenvalue weighted by Gasteiger charge is -2.10. The van der Waals surface area contributed by atoms with E-state index in [0.29, 0.717) is 33.2 Å². The maximum Gasteiger partial charge on any atom is 0.343 e. The minimum absolute atomic E-state index is 0.208. The van der Waals surface area contributed by atoms with Crippen LogP contribution in [-0.2, 0) is 0 Å². The molecule has 0 amide bonds. The molecular weight excluding hydrogens is 448 g/mol. The van der Waals surface area contributed by atoms with Crippen LogP contribution in [0.1, 0.15) is 31.8 Å². The number of allylic oxidation sites excluding steroid dienone is 1. The number of fused-ring (bicyclic) bond motifs is 1. The summed E-state index contributed by atoms with van der Waals surface area (Å²) in [4.78, 5) is 25.4. The molecule has 0 saturated carbocycles. The van der Waals surface area contributed by atoms with Gasteiger partial charge >= 0.3 is 5.97 Å². The average Bonchev–Trinajstić information content (AvgIpc) is 3.18. The smallest absolute Gasteiger partial charge is 0.343 e. The molecule has 1 aliphatic heterocycles. The molecule has 0 N–H and O–H groups in total. The highest BCUT2D eigenvalue weighted by atomic mass is 35.5. The number of ether oxygens (including phenoxy) is 2. The molecule has 0 aliphatic carbocycles. The van der Waals surface area contributed by atoms with Gasteiger partial charge in [0.05, 0.1) is 11.1 Å². The van der Waals surface area contributed by atoms with Crippen LogP contribution in [0.15, 0.2) is 96.8 Å². The van der Waals surface area contributed by atoms with Crippen molar-refractivity contribution in [2.45, 2.75) is 6.92 Å². The number of rotatable bonds is 4. The number of ketones is 1. The summed E-state index contributed by atoms with van der Waals surface area (Å²) >= 11 is 5.88. The zero-order valence-corrected chi connectivity index (χ0v) is 19.0. The predicted octanol–water partition coefficient (Wildman–Crippen LogP) is 7.15. The quantitative estimate of drug-likeness (QED) is 0.182. The number of hydrogen-bond acceptors (Lipinski definition) is 4. The number of Topliss-reactive ketones (excluding diaryl/α,β-unsaturated/α-hetero) is 1. The van der Waals surface area contributed by atoms with Gasteiger partial charge < -0.3 is 9.47 Å². The van der Waals surface area contributed by atoms with E-state index < -0.39 is 5.97 Å². The maximum atomic E-state index is 12.9. The van der Waals surface area contributed by atoms with E-state index in [-0.39, 0.29) is 11.5 Å². The fourth-order valence-electron chi connectivity index (χ4n) is 3.78. The second kappa shape index (κ2) is 9.00. The molecule has 5 heteroatoms. The molecule has 0 unspecified atom stereocenters. The summed E-state index contributed by atoms with van der Waals surface area (Å²) < 4.78 is 11.5. The SMILES string of the molecule is Cc1c(OC(=O)c2ccc(Cl)cc2)ccc2c1O/C(=C\c1ccc(-c3ccccc3)cc1)C2=O. The molecule has 166 valence electrons. The summed E-state index contributed by atoms with van der Waals surface area (Å²) in [6.45, 7) is 1.76. The third-order valence-corrected chi connectivity index (χ3v) is 5.89. The van der Waals surface area contributed by atoms with Gasteiger partial charge in [-0.15, -0.1) is 0 Å². The normalized spacial score (nSPS) is 13.5. The highest BCUT2D eigenvalue weighted by Crippen LogP contribution is 2.39. The zero-order valence-electron chi connectivity index (χ0n) is 18.2. The average molecular weight is 467 g/mol. The van der Waals surface area contributed by atoms with Gasteiger partial charge in [0.15, 0.2) is 5.76 Å². The van der Waals surface area contributed by atoms with Crippen molar-refractivity contribution in [3.8, 4) is 22.6 Å². The Bertz CT molecular complexity index is 1420. The second-order valence-electron chi connectivity index (χ2n) is 7.89. The first-order chi connectivity index (χ1) is 16.5. The Kier molecular flexibility index (Phi) is 5.74. The van der Waals surface area contributed by atoms with Crippen LogP contribution < -0.4 is 9.47 Å². The van der Waals surface area contributed by atoms with Crippen LogP contribution >= 0.6 is 11.6 Å². The number of carbonyl (C=O) groups excluding carboxylic acids is 2. The van der Waals surface area contributed by atoms with Crippen molar-refractivity contribution in [1.29, 1.82) is 0 Å². The van der Waals surface area contributed by atoms with Gasteiger partial charge in [0.25, 0.3) is 0 Å². The van der Waals surface area contributed by atoms with Crippen LogP contribution in [0.4, 0.5) is 0 Å². The topological polar surface area (TPSA) is 52.6 Å². The lowest BCUT2D eigenvalue weighted by atomic mass is 10.0. The van der Waals surface area contributed by atoms with Gasteiger partial charge in [-0.2, -0.15) is 0 Å². The van der Waals surface area contributed by atoms with Crippen molar-refractivity contribution in [2.24, 2.45) is 0 Å². The van der Waals surface area contributed by atoms with Crippen molar-refractivity contribution in [1.82, 2.24) is 0 Å². The molecule has 0 spiro atoms. The van der Waals surface area contributed by atoms with Gasteiger partial charge in [0, 0.05) is 10.6 Å². The van der Waals surface area contributed by atoms with E-state index in [2.05, 4.69) is 0 Å². The van der Waals surface area contributed by atoms with Crippen LogP contribution in [-0.4, -0.2) is 11.8 Å². The Labute approximate surface area is 202 Å². The molecule has 0 saturated heterocycles. The zero-order chi connectivity index (χ0) is 23.7. The molecular formula is C29H19ClO4. The fraction of sp³-hybridized carbons (Fsp3) is 0.0345. The number of hydrogen-bond donors (Lipinski definition) is 0. The Morgan fingerprint density at radius 1 is 0.853 bits per heavy atom. The monoisotopic (exact) mass is 466 g/mol.